The van der Waals surface area contributed by atoms with E-state index in [0.29, 0.717) is 11.3 Å². The van der Waals surface area contributed by atoms with Crippen LogP contribution in [0.5, 0.6) is 0 Å². The molecular formula is C11H10FN3O2. The summed E-state index contributed by atoms with van der Waals surface area (Å²) in [5.74, 6) is -0.863. The molecule has 0 bridgehead atoms. The fourth-order valence-corrected chi connectivity index (χ4v) is 1.32. The SMILES string of the molecule is Cc1cnoc1C(=O)Nc1ccc(F)c(N)c1. The van der Waals surface area contributed by atoms with E-state index in [0.717, 1.165) is 0 Å². The maximum absolute atomic E-state index is 12.9. The average molecular weight is 235 g/mol. The highest BCUT2D eigenvalue weighted by molar-refractivity contribution is 6.03. The molecule has 0 aliphatic rings. The molecule has 0 saturated heterocycles. The van der Waals surface area contributed by atoms with Gasteiger partial charge in [-0.15, -0.1) is 0 Å². The predicted octanol–water partition coefficient (Wildman–Crippen LogP) is 1.96. The molecule has 1 aromatic carbocycles. The second-order valence-corrected chi connectivity index (χ2v) is 3.53. The Morgan fingerprint density at radius 3 is 2.88 bits per heavy atom. The van der Waals surface area contributed by atoms with Gasteiger partial charge in [-0.3, -0.25) is 4.79 Å². The third-order valence-corrected chi connectivity index (χ3v) is 2.21. The number of aryl methyl sites for hydroxylation is 1. The third-order valence-electron chi connectivity index (χ3n) is 2.21. The summed E-state index contributed by atoms with van der Waals surface area (Å²) >= 11 is 0. The third kappa shape index (κ3) is 2.25. The molecule has 17 heavy (non-hydrogen) atoms. The van der Waals surface area contributed by atoms with Crippen LogP contribution in [-0.4, -0.2) is 11.1 Å². The van der Waals surface area contributed by atoms with Crippen LogP contribution in [0.1, 0.15) is 16.1 Å². The molecule has 0 aliphatic carbocycles. The summed E-state index contributed by atoms with van der Waals surface area (Å²) < 4.78 is 17.7. The highest BCUT2D eigenvalue weighted by Crippen LogP contribution is 2.17. The summed E-state index contributed by atoms with van der Waals surface area (Å²) in [7, 11) is 0. The Bertz CT molecular complexity index is 566. The lowest BCUT2D eigenvalue weighted by Gasteiger charge is -2.04. The van der Waals surface area contributed by atoms with Crippen molar-refractivity contribution in [2.75, 3.05) is 11.1 Å². The van der Waals surface area contributed by atoms with Gasteiger partial charge in [0.05, 0.1) is 11.9 Å². The number of carbonyl (C=O) groups is 1. The van der Waals surface area contributed by atoms with Gasteiger partial charge in [0.15, 0.2) is 0 Å². The highest BCUT2D eigenvalue weighted by atomic mass is 19.1. The lowest BCUT2D eigenvalue weighted by molar-refractivity contribution is 0.0987. The summed E-state index contributed by atoms with van der Waals surface area (Å²) in [4.78, 5) is 11.7. The first kappa shape index (κ1) is 11.1. The number of nitrogens with two attached hydrogens (primary N) is 1. The van der Waals surface area contributed by atoms with E-state index in [9.17, 15) is 9.18 Å². The molecule has 0 unspecified atom stereocenters. The van der Waals surface area contributed by atoms with Crippen molar-refractivity contribution < 1.29 is 13.7 Å². The molecule has 2 rings (SSSR count). The lowest BCUT2D eigenvalue weighted by Crippen LogP contribution is -2.12. The largest absolute Gasteiger partial charge is 0.396 e. The van der Waals surface area contributed by atoms with Gasteiger partial charge < -0.3 is 15.6 Å². The predicted molar refractivity (Wildman–Crippen MR) is 60.0 cm³/mol. The molecule has 0 atom stereocenters. The van der Waals surface area contributed by atoms with E-state index in [-0.39, 0.29) is 11.4 Å². The maximum atomic E-state index is 12.9. The smallest absolute Gasteiger partial charge is 0.294 e. The van der Waals surface area contributed by atoms with Gasteiger partial charge in [-0.05, 0) is 25.1 Å². The summed E-state index contributed by atoms with van der Waals surface area (Å²) in [5, 5.41) is 6.03. The number of rotatable bonds is 2. The van der Waals surface area contributed by atoms with Gasteiger partial charge in [-0.1, -0.05) is 5.16 Å². The normalized spacial score (nSPS) is 10.2. The van der Waals surface area contributed by atoms with E-state index < -0.39 is 11.7 Å². The second-order valence-electron chi connectivity index (χ2n) is 3.53. The quantitative estimate of drug-likeness (QED) is 0.779. The Morgan fingerprint density at radius 1 is 1.53 bits per heavy atom. The van der Waals surface area contributed by atoms with Crippen molar-refractivity contribution in [3.05, 3.63) is 41.5 Å². The zero-order valence-electron chi connectivity index (χ0n) is 9.03. The van der Waals surface area contributed by atoms with E-state index >= 15 is 0 Å². The minimum atomic E-state index is -0.529. The first-order valence-corrected chi connectivity index (χ1v) is 4.85. The van der Waals surface area contributed by atoms with Gasteiger partial charge in [0.1, 0.15) is 5.82 Å². The number of amides is 1. The van der Waals surface area contributed by atoms with Crippen LogP contribution in [-0.2, 0) is 0 Å². The Labute approximate surface area is 96.4 Å². The Kier molecular flexibility index (Phi) is 2.78. The van der Waals surface area contributed by atoms with E-state index in [4.69, 9.17) is 10.3 Å². The maximum Gasteiger partial charge on any atom is 0.294 e. The molecular weight excluding hydrogens is 225 g/mol. The van der Waals surface area contributed by atoms with Crippen LogP contribution in [0.4, 0.5) is 15.8 Å². The molecule has 0 saturated carbocycles. The number of aromatic nitrogens is 1. The van der Waals surface area contributed by atoms with Crippen LogP contribution in [0.2, 0.25) is 0 Å². The molecule has 6 heteroatoms. The summed E-state index contributed by atoms with van der Waals surface area (Å²) in [6, 6.07) is 3.92. The molecule has 0 radical (unpaired) electrons. The minimum Gasteiger partial charge on any atom is -0.396 e. The van der Waals surface area contributed by atoms with Crippen LogP contribution in [0.15, 0.2) is 28.9 Å². The van der Waals surface area contributed by atoms with Crippen LogP contribution in [0.3, 0.4) is 0 Å². The number of nitrogen functional groups attached to an aromatic ring is 1. The van der Waals surface area contributed by atoms with Crippen molar-refractivity contribution in [3.63, 3.8) is 0 Å². The van der Waals surface area contributed by atoms with Crippen LogP contribution < -0.4 is 11.1 Å². The van der Waals surface area contributed by atoms with Crippen molar-refractivity contribution in [1.29, 1.82) is 0 Å². The number of nitrogens with one attached hydrogen (secondary N) is 1. The number of carbonyl (C=O) groups excluding carboxylic acids is 1. The molecule has 88 valence electrons. The first-order valence-electron chi connectivity index (χ1n) is 4.85. The van der Waals surface area contributed by atoms with Gasteiger partial charge in [0.25, 0.3) is 5.91 Å². The van der Waals surface area contributed by atoms with Gasteiger partial charge in [-0.25, -0.2) is 4.39 Å². The van der Waals surface area contributed by atoms with Gasteiger partial charge in [0, 0.05) is 11.3 Å². The fourth-order valence-electron chi connectivity index (χ4n) is 1.32. The number of nitrogens with zero attached hydrogens (tertiary/aromatic N) is 1. The zero-order valence-corrected chi connectivity index (χ0v) is 9.03. The molecule has 2 aromatic rings. The number of hydrogen-bond acceptors (Lipinski definition) is 4. The van der Waals surface area contributed by atoms with Crippen molar-refractivity contribution in [1.82, 2.24) is 5.16 Å². The molecule has 5 nitrogen and oxygen atoms in total. The van der Waals surface area contributed by atoms with Crippen molar-refractivity contribution in [3.8, 4) is 0 Å². The Hall–Kier alpha value is -2.37. The summed E-state index contributed by atoms with van der Waals surface area (Å²) in [5.41, 5.74) is 6.37. The van der Waals surface area contributed by atoms with E-state index in [2.05, 4.69) is 10.5 Å². The molecule has 0 fully saturated rings. The molecule has 0 aliphatic heterocycles. The van der Waals surface area contributed by atoms with Gasteiger partial charge >= 0.3 is 0 Å². The van der Waals surface area contributed by atoms with E-state index in [1.54, 1.807) is 6.92 Å². The van der Waals surface area contributed by atoms with Crippen LogP contribution in [0.25, 0.3) is 0 Å². The number of hydrogen-bond donors (Lipinski definition) is 2. The van der Waals surface area contributed by atoms with E-state index in [1.165, 1.54) is 24.4 Å². The average Bonchev–Trinajstić information content (AvgIpc) is 2.70. The summed E-state index contributed by atoms with van der Waals surface area (Å²) in [6.45, 7) is 1.70. The first-order chi connectivity index (χ1) is 8.08. The van der Waals surface area contributed by atoms with Crippen LogP contribution in [0, 0.1) is 12.7 Å². The van der Waals surface area contributed by atoms with E-state index in [1.807, 2.05) is 0 Å². The lowest BCUT2D eigenvalue weighted by atomic mass is 10.2. The summed E-state index contributed by atoms with van der Waals surface area (Å²) in [6.07, 6.45) is 1.44. The minimum absolute atomic E-state index is 0.0305. The number of anilines is 2. The molecule has 0 spiro atoms. The Balaban J connectivity index is 2.19. The second kappa shape index (κ2) is 4.25. The van der Waals surface area contributed by atoms with Gasteiger partial charge in [-0.2, -0.15) is 0 Å². The highest BCUT2D eigenvalue weighted by Gasteiger charge is 2.14. The van der Waals surface area contributed by atoms with Crippen LogP contribution >= 0.6 is 0 Å². The molecule has 3 N–H and O–H groups in total. The molecule has 1 amide bonds. The fraction of sp³-hybridized carbons (Fsp3) is 0.0909. The van der Waals surface area contributed by atoms with Crippen molar-refractivity contribution in [2.24, 2.45) is 0 Å². The zero-order chi connectivity index (χ0) is 12.4. The van der Waals surface area contributed by atoms with Crippen molar-refractivity contribution in [2.45, 2.75) is 6.92 Å². The molecule has 1 aromatic heterocycles. The van der Waals surface area contributed by atoms with Gasteiger partial charge in [0.2, 0.25) is 5.76 Å². The number of halogens is 1. The standard InChI is InChI=1S/C11H10FN3O2/c1-6-5-14-17-10(6)11(16)15-7-2-3-8(12)9(13)4-7/h2-5H,13H2,1H3,(H,15,16). The monoisotopic (exact) mass is 235 g/mol. The topological polar surface area (TPSA) is 81.2 Å². The number of benzene rings is 1. The van der Waals surface area contributed by atoms with Crippen molar-refractivity contribution >= 4 is 17.3 Å². The molecule has 1 heterocycles. The Morgan fingerprint density at radius 2 is 2.29 bits per heavy atom.